The third kappa shape index (κ3) is 3.92. The molecule has 9 aromatic rings. The summed E-state index contributed by atoms with van der Waals surface area (Å²) in [5, 5.41) is 12.6. The van der Waals surface area contributed by atoms with Crippen molar-refractivity contribution in [3.05, 3.63) is 170 Å². The van der Waals surface area contributed by atoms with Crippen LogP contribution < -0.4 is 0 Å². The Balaban J connectivity index is 1.47. The zero-order chi connectivity index (χ0) is 29.0. The molecule has 0 bridgehead atoms. The van der Waals surface area contributed by atoms with E-state index in [0.29, 0.717) is 0 Å². The molecule has 0 unspecified atom stereocenters. The van der Waals surface area contributed by atoms with Crippen molar-refractivity contribution < 1.29 is 0 Å². The lowest BCUT2D eigenvalue weighted by Crippen LogP contribution is -1.94. The average Bonchev–Trinajstić information content (AvgIpc) is 3.09. The van der Waals surface area contributed by atoms with E-state index in [0.717, 1.165) is 0 Å². The Morgan fingerprint density at radius 2 is 0.682 bits per heavy atom. The highest BCUT2D eigenvalue weighted by molar-refractivity contribution is 6.20. The molecule has 0 spiro atoms. The molecule has 0 N–H and O–H groups in total. The van der Waals surface area contributed by atoms with E-state index in [4.69, 9.17) is 0 Å². The van der Waals surface area contributed by atoms with Crippen LogP contribution in [0.4, 0.5) is 0 Å². The molecule has 0 heterocycles. The number of hydrogen-bond acceptors (Lipinski definition) is 0. The predicted octanol–water partition coefficient (Wildman–Crippen LogP) is 12.5. The van der Waals surface area contributed by atoms with Crippen molar-refractivity contribution in [2.45, 2.75) is 0 Å². The second-order valence-corrected chi connectivity index (χ2v) is 11.7. The summed E-state index contributed by atoms with van der Waals surface area (Å²) < 4.78 is 0. The zero-order valence-corrected chi connectivity index (χ0v) is 24.2. The first kappa shape index (κ1) is 24.8. The van der Waals surface area contributed by atoms with Crippen LogP contribution in [0.5, 0.6) is 0 Å². The van der Waals surface area contributed by atoms with Gasteiger partial charge in [-0.2, -0.15) is 0 Å². The Kier molecular flexibility index (Phi) is 5.61. The van der Waals surface area contributed by atoms with Crippen LogP contribution in [0, 0.1) is 0 Å². The third-order valence-corrected chi connectivity index (χ3v) is 9.18. The molecule has 0 aliphatic carbocycles. The summed E-state index contributed by atoms with van der Waals surface area (Å²) in [7, 11) is 0. The minimum atomic E-state index is 1.23. The topological polar surface area (TPSA) is 0 Å². The second-order valence-electron chi connectivity index (χ2n) is 11.7. The number of fused-ring (bicyclic) bond motifs is 5. The average molecular weight is 557 g/mol. The van der Waals surface area contributed by atoms with Crippen LogP contribution in [0.15, 0.2) is 170 Å². The first-order valence-corrected chi connectivity index (χ1v) is 15.3. The fourth-order valence-electron chi connectivity index (χ4n) is 7.13. The standard InChI is InChI=1S/C44H28/c1-3-13-31-25-35(23-21-29(31)11-1)41-28-42(44-37-17-7-5-15-33(37)27-34-16-6-8-18-38(34)44)43(40-20-10-9-19-39(40)41)36-24-22-30-12-2-4-14-32(30)26-36/h1-28H. The summed E-state index contributed by atoms with van der Waals surface area (Å²) in [5.41, 5.74) is 7.54. The Labute approximate surface area is 256 Å². The smallest absolute Gasteiger partial charge is 0.00201 e. The minimum absolute atomic E-state index is 1.23. The summed E-state index contributed by atoms with van der Waals surface area (Å²) >= 11 is 0. The molecule has 0 amide bonds. The molecule has 0 radical (unpaired) electrons. The van der Waals surface area contributed by atoms with Gasteiger partial charge in [-0.3, -0.25) is 0 Å². The molecular weight excluding hydrogens is 528 g/mol. The zero-order valence-electron chi connectivity index (χ0n) is 24.2. The van der Waals surface area contributed by atoms with E-state index in [1.165, 1.54) is 87.2 Å². The number of rotatable bonds is 3. The highest BCUT2D eigenvalue weighted by Gasteiger charge is 2.20. The molecule has 204 valence electrons. The molecule has 9 rings (SSSR count). The third-order valence-electron chi connectivity index (χ3n) is 9.18. The quantitative estimate of drug-likeness (QED) is 0.190. The van der Waals surface area contributed by atoms with Gasteiger partial charge in [-0.15, -0.1) is 0 Å². The van der Waals surface area contributed by atoms with E-state index < -0.39 is 0 Å². The van der Waals surface area contributed by atoms with Gasteiger partial charge in [0.15, 0.2) is 0 Å². The van der Waals surface area contributed by atoms with E-state index in [1.807, 2.05) is 0 Å². The van der Waals surface area contributed by atoms with Crippen LogP contribution in [0.1, 0.15) is 0 Å². The second kappa shape index (κ2) is 9.93. The first-order valence-electron chi connectivity index (χ1n) is 15.3. The lowest BCUT2D eigenvalue weighted by atomic mass is 9.82. The molecular formula is C44H28. The van der Waals surface area contributed by atoms with Crippen LogP contribution in [-0.4, -0.2) is 0 Å². The van der Waals surface area contributed by atoms with Crippen LogP contribution in [0.2, 0.25) is 0 Å². The molecule has 0 fully saturated rings. The first-order chi connectivity index (χ1) is 21.8. The Morgan fingerprint density at radius 1 is 0.227 bits per heavy atom. The molecule has 0 aliphatic rings. The van der Waals surface area contributed by atoms with Gasteiger partial charge in [-0.25, -0.2) is 0 Å². The van der Waals surface area contributed by atoms with Gasteiger partial charge < -0.3 is 0 Å². The number of hydrogen-bond donors (Lipinski definition) is 0. The van der Waals surface area contributed by atoms with Crippen LogP contribution in [0.25, 0.3) is 87.2 Å². The SMILES string of the molecule is c1ccc2cc(-c3cc(-c4c5ccccc5cc5ccccc45)c(-c4ccc5ccccc5c4)c4ccccc34)ccc2c1. The van der Waals surface area contributed by atoms with Crippen molar-refractivity contribution in [1.82, 2.24) is 0 Å². The maximum atomic E-state index is 2.46. The predicted molar refractivity (Wildman–Crippen MR) is 190 cm³/mol. The summed E-state index contributed by atoms with van der Waals surface area (Å²) in [5.74, 6) is 0. The Hall–Kier alpha value is -5.72. The summed E-state index contributed by atoms with van der Waals surface area (Å²) in [4.78, 5) is 0. The normalized spacial score (nSPS) is 11.6. The van der Waals surface area contributed by atoms with Gasteiger partial charge in [0.1, 0.15) is 0 Å². The highest BCUT2D eigenvalue weighted by Crippen LogP contribution is 2.47. The van der Waals surface area contributed by atoms with Crippen LogP contribution in [-0.2, 0) is 0 Å². The van der Waals surface area contributed by atoms with Crippen LogP contribution in [0.3, 0.4) is 0 Å². The van der Waals surface area contributed by atoms with Crippen molar-refractivity contribution in [1.29, 1.82) is 0 Å². The molecule has 0 nitrogen and oxygen atoms in total. The lowest BCUT2D eigenvalue weighted by molar-refractivity contribution is 1.64. The summed E-state index contributed by atoms with van der Waals surface area (Å²) in [6.45, 7) is 0. The van der Waals surface area contributed by atoms with Crippen molar-refractivity contribution in [2.75, 3.05) is 0 Å². The molecule has 0 atom stereocenters. The highest BCUT2D eigenvalue weighted by atomic mass is 14.2. The van der Waals surface area contributed by atoms with Gasteiger partial charge in [0.25, 0.3) is 0 Å². The Bertz CT molecular complexity index is 2500. The maximum absolute atomic E-state index is 2.46. The largest absolute Gasteiger partial charge is 0.0616 e. The van der Waals surface area contributed by atoms with Crippen molar-refractivity contribution in [3.8, 4) is 33.4 Å². The van der Waals surface area contributed by atoms with E-state index in [9.17, 15) is 0 Å². The monoisotopic (exact) mass is 556 g/mol. The van der Waals surface area contributed by atoms with Crippen molar-refractivity contribution in [2.24, 2.45) is 0 Å². The van der Waals surface area contributed by atoms with Crippen LogP contribution >= 0.6 is 0 Å². The van der Waals surface area contributed by atoms with E-state index in [1.54, 1.807) is 0 Å². The van der Waals surface area contributed by atoms with Gasteiger partial charge in [-0.1, -0.05) is 146 Å². The molecule has 9 aromatic carbocycles. The molecule has 0 saturated heterocycles. The number of benzene rings is 9. The van der Waals surface area contributed by atoms with Gasteiger partial charge >= 0.3 is 0 Å². The molecule has 0 heteroatoms. The van der Waals surface area contributed by atoms with E-state index >= 15 is 0 Å². The molecule has 0 aliphatic heterocycles. The fourth-order valence-corrected chi connectivity index (χ4v) is 7.13. The van der Waals surface area contributed by atoms with Gasteiger partial charge in [0, 0.05) is 0 Å². The Morgan fingerprint density at radius 3 is 1.30 bits per heavy atom. The minimum Gasteiger partial charge on any atom is -0.0616 e. The lowest BCUT2D eigenvalue weighted by Gasteiger charge is -2.21. The van der Waals surface area contributed by atoms with E-state index in [2.05, 4.69) is 170 Å². The summed E-state index contributed by atoms with van der Waals surface area (Å²) in [6.07, 6.45) is 0. The molecule has 44 heavy (non-hydrogen) atoms. The molecule has 0 saturated carbocycles. The fraction of sp³-hybridized carbons (Fsp3) is 0. The summed E-state index contributed by atoms with van der Waals surface area (Å²) in [6, 6.07) is 62.5. The van der Waals surface area contributed by atoms with Crippen molar-refractivity contribution in [3.63, 3.8) is 0 Å². The van der Waals surface area contributed by atoms with E-state index in [-0.39, 0.29) is 0 Å². The van der Waals surface area contributed by atoms with Gasteiger partial charge in [0.05, 0.1) is 0 Å². The van der Waals surface area contributed by atoms with Gasteiger partial charge in [-0.05, 0) is 112 Å². The van der Waals surface area contributed by atoms with Crippen molar-refractivity contribution >= 4 is 53.9 Å². The van der Waals surface area contributed by atoms with Gasteiger partial charge in [0.2, 0.25) is 0 Å². The maximum Gasteiger partial charge on any atom is -0.00201 e. The molecule has 0 aromatic heterocycles.